The van der Waals surface area contributed by atoms with E-state index < -0.39 is 0 Å². The Morgan fingerprint density at radius 2 is 2.15 bits per heavy atom. The van der Waals surface area contributed by atoms with Crippen molar-refractivity contribution in [2.24, 2.45) is 5.73 Å². The normalized spacial score (nSPS) is 21.6. The second-order valence-electron chi connectivity index (χ2n) is 5.53. The zero-order valence-electron chi connectivity index (χ0n) is 11.9. The maximum absolute atomic E-state index is 5.86. The molecule has 2 aromatic rings. The fourth-order valence-electron chi connectivity index (χ4n) is 2.55. The van der Waals surface area contributed by atoms with Crippen molar-refractivity contribution in [1.29, 1.82) is 0 Å². The lowest BCUT2D eigenvalue weighted by molar-refractivity contribution is 0.344. The zero-order valence-corrected chi connectivity index (χ0v) is 12.7. The molecule has 1 saturated carbocycles. The molecule has 0 bridgehead atoms. The van der Waals surface area contributed by atoms with Gasteiger partial charge < -0.3 is 11.1 Å². The largest absolute Gasteiger partial charge is 0.365 e. The number of nitrogens with zero attached hydrogens (tertiary/aromatic N) is 2. The summed E-state index contributed by atoms with van der Waals surface area (Å²) < 4.78 is 0. The molecule has 1 aliphatic rings. The second kappa shape index (κ2) is 5.50. The summed E-state index contributed by atoms with van der Waals surface area (Å²) in [6.07, 6.45) is 2.08. The molecule has 2 heterocycles. The van der Waals surface area contributed by atoms with Crippen molar-refractivity contribution in [3.8, 4) is 0 Å². The van der Waals surface area contributed by atoms with E-state index in [0.717, 1.165) is 36.7 Å². The summed E-state index contributed by atoms with van der Waals surface area (Å²) in [4.78, 5) is 10.4. The maximum Gasteiger partial charge on any atom is 0.130 e. The first kappa shape index (κ1) is 13.5. The van der Waals surface area contributed by atoms with Gasteiger partial charge in [-0.15, -0.1) is 11.3 Å². The summed E-state index contributed by atoms with van der Waals surface area (Å²) in [6, 6.07) is 4.57. The van der Waals surface area contributed by atoms with E-state index in [-0.39, 0.29) is 0 Å². The standard InChI is InChI=1S/C15H20N4S/c1-9-3-4-20-14(9)8-17-15-7-13(18-10(2)19-15)11-5-12(16)6-11/h3-4,7,11-12H,5-6,8,16H2,1-2H3,(H,17,18,19). The zero-order chi connectivity index (χ0) is 14.1. The fourth-order valence-corrected chi connectivity index (χ4v) is 3.40. The average molecular weight is 288 g/mol. The molecule has 0 saturated heterocycles. The quantitative estimate of drug-likeness (QED) is 0.908. The Morgan fingerprint density at radius 1 is 1.35 bits per heavy atom. The summed E-state index contributed by atoms with van der Waals surface area (Å²) in [5, 5.41) is 5.54. The van der Waals surface area contributed by atoms with Crippen LogP contribution < -0.4 is 11.1 Å². The Labute approximate surface area is 123 Å². The van der Waals surface area contributed by atoms with Crippen LogP contribution in [0.3, 0.4) is 0 Å². The second-order valence-corrected chi connectivity index (χ2v) is 6.53. The Morgan fingerprint density at radius 3 is 2.80 bits per heavy atom. The first-order valence-electron chi connectivity index (χ1n) is 7.00. The molecule has 106 valence electrons. The third-order valence-electron chi connectivity index (χ3n) is 3.85. The molecule has 20 heavy (non-hydrogen) atoms. The lowest BCUT2D eigenvalue weighted by atomic mass is 9.78. The molecule has 3 rings (SSSR count). The van der Waals surface area contributed by atoms with E-state index in [0.29, 0.717) is 12.0 Å². The molecule has 1 aliphatic carbocycles. The third-order valence-corrected chi connectivity index (χ3v) is 4.87. The van der Waals surface area contributed by atoms with E-state index in [1.807, 2.05) is 6.92 Å². The molecule has 0 amide bonds. The molecule has 0 spiro atoms. The highest BCUT2D eigenvalue weighted by Crippen LogP contribution is 2.35. The van der Waals surface area contributed by atoms with Crippen LogP contribution in [0.1, 0.15) is 40.7 Å². The van der Waals surface area contributed by atoms with Gasteiger partial charge in [-0.2, -0.15) is 0 Å². The van der Waals surface area contributed by atoms with E-state index in [4.69, 9.17) is 5.73 Å². The first-order chi connectivity index (χ1) is 9.61. The molecule has 3 N–H and O–H groups in total. The smallest absolute Gasteiger partial charge is 0.130 e. The topological polar surface area (TPSA) is 63.8 Å². The minimum absolute atomic E-state index is 0.348. The van der Waals surface area contributed by atoms with E-state index >= 15 is 0 Å². The molecule has 0 atom stereocenters. The Bertz CT molecular complexity index is 602. The lowest BCUT2D eigenvalue weighted by Gasteiger charge is -2.32. The molecule has 5 heteroatoms. The van der Waals surface area contributed by atoms with Gasteiger partial charge in [-0.25, -0.2) is 9.97 Å². The first-order valence-corrected chi connectivity index (χ1v) is 7.88. The van der Waals surface area contributed by atoms with Crippen LogP contribution in [0, 0.1) is 13.8 Å². The number of aromatic nitrogens is 2. The monoisotopic (exact) mass is 288 g/mol. The van der Waals surface area contributed by atoms with Gasteiger partial charge in [0.15, 0.2) is 0 Å². The predicted octanol–water partition coefficient (Wildman–Crippen LogP) is 2.97. The van der Waals surface area contributed by atoms with Gasteiger partial charge in [0.1, 0.15) is 11.6 Å². The summed E-state index contributed by atoms with van der Waals surface area (Å²) in [5.41, 5.74) is 8.33. The van der Waals surface area contributed by atoms with Gasteiger partial charge in [0.2, 0.25) is 0 Å². The number of nitrogens with one attached hydrogen (secondary N) is 1. The van der Waals surface area contributed by atoms with Crippen molar-refractivity contribution >= 4 is 17.2 Å². The number of nitrogens with two attached hydrogens (primary N) is 1. The number of rotatable bonds is 4. The molecule has 0 aliphatic heterocycles. The van der Waals surface area contributed by atoms with Crippen molar-refractivity contribution < 1.29 is 0 Å². The van der Waals surface area contributed by atoms with E-state index in [9.17, 15) is 0 Å². The van der Waals surface area contributed by atoms with Crippen LogP contribution in [0.4, 0.5) is 5.82 Å². The molecule has 0 radical (unpaired) electrons. The van der Waals surface area contributed by atoms with Crippen LogP contribution in [0.5, 0.6) is 0 Å². The number of hydrogen-bond acceptors (Lipinski definition) is 5. The molecule has 1 fully saturated rings. The van der Waals surface area contributed by atoms with Gasteiger partial charge in [-0.3, -0.25) is 0 Å². The van der Waals surface area contributed by atoms with Crippen LogP contribution in [-0.2, 0) is 6.54 Å². The number of anilines is 1. The van der Waals surface area contributed by atoms with Gasteiger partial charge in [0.05, 0.1) is 6.54 Å². The summed E-state index contributed by atoms with van der Waals surface area (Å²) in [6.45, 7) is 4.91. The number of hydrogen-bond donors (Lipinski definition) is 2. The number of aryl methyl sites for hydroxylation is 2. The van der Waals surface area contributed by atoms with Crippen LogP contribution in [-0.4, -0.2) is 16.0 Å². The van der Waals surface area contributed by atoms with Crippen molar-refractivity contribution in [2.75, 3.05) is 5.32 Å². The maximum atomic E-state index is 5.86. The predicted molar refractivity (Wildman–Crippen MR) is 83.1 cm³/mol. The molecule has 4 nitrogen and oxygen atoms in total. The van der Waals surface area contributed by atoms with Crippen LogP contribution >= 0.6 is 11.3 Å². The van der Waals surface area contributed by atoms with Crippen molar-refractivity contribution in [3.05, 3.63) is 39.5 Å². The van der Waals surface area contributed by atoms with Crippen LogP contribution in [0.15, 0.2) is 17.5 Å². The highest BCUT2D eigenvalue weighted by molar-refractivity contribution is 7.10. The van der Waals surface area contributed by atoms with Crippen LogP contribution in [0.2, 0.25) is 0 Å². The van der Waals surface area contributed by atoms with Crippen molar-refractivity contribution in [1.82, 2.24) is 9.97 Å². The van der Waals surface area contributed by atoms with Crippen molar-refractivity contribution in [3.63, 3.8) is 0 Å². The average Bonchev–Trinajstić information content (AvgIpc) is 2.77. The highest BCUT2D eigenvalue weighted by Gasteiger charge is 2.28. The van der Waals surface area contributed by atoms with E-state index in [2.05, 4.69) is 39.7 Å². The molecule has 0 unspecified atom stereocenters. The molecular formula is C15H20N4S. The van der Waals surface area contributed by atoms with Gasteiger partial charge in [0.25, 0.3) is 0 Å². The van der Waals surface area contributed by atoms with E-state index in [1.54, 1.807) is 11.3 Å². The minimum Gasteiger partial charge on any atom is -0.365 e. The Hall–Kier alpha value is -1.46. The number of thiophene rings is 1. The molecule has 0 aromatic carbocycles. The minimum atomic E-state index is 0.348. The van der Waals surface area contributed by atoms with Crippen molar-refractivity contribution in [2.45, 2.75) is 45.2 Å². The Balaban J connectivity index is 1.71. The van der Waals surface area contributed by atoms with Gasteiger partial charge in [-0.05, 0) is 43.7 Å². The van der Waals surface area contributed by atoms with E-state index in [1.165, 1.54) is 10.4 Å². The summed E-state index contributed by atoms with van der Waals surface area (Å²) >= 11 is 1.78. The van der Waals surface area contributed by atoms with Gasteiger partial charge >= 0.3 is 0 Å². The summed E-state index contributed by atoms with van der Waals surface area (Å²) in [7, 11) is 0. The fraction of sp³-hybridized carbons (Fsp3) is 0.467. The third kappa shape index (κ3) is 2.83. The SMILES string of the molecule is Cc1nc(NCc2sccc2C)cc(C2CC(N)C2)n1. The Kier molecular flexibility index (Phi) is 3.72. The molecular weight excluding hydrogens is 268 g/mol. The van der Waals surface area contributed by atoms with Gasteiger partial charge in [-0.1, -0.05) is 0 Å². The summed E-state index contributed by atoms with van der Waals surface area (Å²) in [5.74, 6) is 2.25. The highest BCUT2D eigenvalue weighted by atomic mass is 32.1. The van der Waals surface area contributed by atoms with Gasteiger partial charge in [0, 0.05) is 28.6 Å². The molecule has 2 aromatic heterocycles. The van der Waals surface area contributed by atoms with Crippen LogP contribution in [0.25, 0.3) is 0 Å². The lowest BCUT2D eigenvalue weighted by Crippen LogP contribution is -2.35.